The van der Waals surface area contributed by atoms with Crippen molar-refractivity contribution in [2.45, 2.75) is 24.4 Å². The van der Waals surface area contributed by atoms with Gasteiger partial charge in [0.1, 0.15) is 4.90 Å². The van der Waals surface area contributed by atoms with Gasteiger partial charge in [-0.3, -0.25) is 14.7 Å². The Bertz CT molecular complexity index is 882. The largest absolute Gasteiger partial charge is 0.340 e. The molecule has 1 saturated heterocycles. The zero-order valence-electron chi connectivity index (χ0n) is 16.2. The van der Waals surface area contributed by atoms with Crippen LogP contribution in [0, 0.1) is 0 Å². The second-order valence-electron chi connectivity index (χ2n) is 6.98. The van der Waals surface area contributed by atoms with Crippen molar-refractivity contribution in [2.24, 2.45) is 0 Å². The molecule has 0 bridgehead atoms. The highest BCUT2D eigenvalue weighted by atomic mass is 32.2. The predicted molar refractivity (Wildman–Crippen MR) is 107 cm³/mol. The molecule has 1 aliphatic heterocycles. The van der Waals surface area contributed by atoms with Gasteiger partial charge in [-0.05, 0) is 24.6 Å². The van der Waals surface area contributed by atoms with Crippen LogP contribution in [0.4, 0.5) is 0 Å². The van der Waals surface area contributed by atoms with E-state index < -0.39 is 10.0 Å². The van der Waals surface area contributed by atoms with Gasteiger partial charge in [-0.25, -0.2) is 8.42 Å². The highest BCUT2D eigenvalue weighted by Crippen LogP contribution is 2.18. The Balaban J connectivity index is 1.57. The lowest BCUT2D eigenvalue weighted by Gasteiger charge is -2.37. The van der Waals surface area contributed by atoms with Gasteiger partial charge >= 0.3 is 0 Å². The summed E-state index contributed by atoms with van der Waals surface area (Å²) in [5.41, 5.74) is 1.08. The fraction of sp³-hybridized carbons (Fsp3) is 0.400. The van der Waals surface area contributed by atoms with Gasteiger partial charge in [0.15, 0.2) is 0 Å². The third kappa shape index (κ3) is 4.57. The number of nitrogens with zero attached hydrogens (tertiary/aromatic N) is 4. The number of sulfonamides is 1. The van der Waals surface area contributed by atoms with Crippen molar-refractivity contribution in [3.05, 3.63) is 60.4 Å². The molecule has 8 heteroatoms. The van der Waals surface area contributed by atoms with Crippen LogP contribution in [-0.4, -0.2) is 72.7 Å². The standard InChI is InChI=1S/C20H26N4O3S/c1-17(20(25)22(2)16-18-7-4-3-5-8-18)23-11-13-24(14-12-23)28(26,27)19-9-6-10-21-15-19/h3-10,15,17H,11-14,16H2,1-2H3. The number of amides is 1. The second kappa shape index (κ2) is 8.81. The van der Waals surface area contributed by atoms with Crippen molar-refractivity contribution >= 4 is 15.9 Å². The summed E-state index contributed by atoms with van der Waals surface area (Å²) in [7, 11) is -1.74. The second-order valence-corrected chi connectivity index (χ2v) is 8.92. The number of hydrogen-bond donors (Lipinski definition) is 0. The van der Waals surface area contributed by atoms with Crippen LogP contribution in [0.15, 0.2) is 59.8 Å². The topological polar surface area (TPSA) is 73.8 Å². The Morgan fingerprint density at radius 2 is 1.79 bits per heavy atom. The van der Waals surface area contributed by atoms with Gasteiger partial charge < -0.3 is 4.90 Å². The van der Waals surface area contributed by atoms with Crippen molar-refractivity contribution in [3.8, 4) is 0 Å². The van der Waals surface area contributed by atoms with Crippen LogP contribution in [0.5, 0.6) is 0 Å². The summed E-state index contributed by atoms with van der Waals surface area (Å²) in [5.74, 6) is 0.0346. The van der Waals surface area contributed by atoms with Gasteiger partial charge in [-0.15, -0.1) is 0 Å². The molecule has 1 atom stereocenters. The molecule has 3 rings (SSSR count). The lowest BCUT2D eigenvalue weighted by molar-refractivity contribution is -0.136. The molecule has 0 radical (unpaired) electrons. The van der Waals surface area contributed by atoms with Crippen molar-refractivity contribution in [1.29, 1.82) is 0 Å². The van der Waals surface area contributed by atoms with E-state index in [0.29, 0.717) is 32.7 Å². The Labute approximate surface area is 166 Å². The number of aromatic nitrogens is 1. The van der Waals surface area contributed by atoms with Gasteiger partial charge in [0.2, 0.25) is 15.9 Å². The maximum absolute atomic E-state index is 12.8. The average molecular weight is 403 g/mol. The van der Waals surface area contributed by atoms with Crippen molar-refractivity contribution in [3.63, 3.8) is 0 Å². The third-order valence-electron chi connectivity index (χ3n) is 5.09. The molecule has 1 aromatic heterocycles. The zero-order chi connectivity index (χ0) is 20.1. The first kappa shape index (κ1) is 20.4. The van der Waals surface area contributed by atoms with E-state index in [1.807, 2.05) is 42.2 Å². The molecule has 150 valence electrons. The fourth-order valence-corrected chi connectivity index (χ4v) is 4.78. The van der Waals surface area contributed by atoms with Crippen LogP contribution in [0.25, 0.3) is 0 Å². The highest BCUT2D eigenvalue weighted by molar-refractivity contribution is 7.89. The fourth-order valence-electron chi connectivity index (χ4n) is 3.39. The number of piperazine rings is 1. The summed E-state index contributed by atoms with van der Waals surface area (Å²) >= 11 is 0. The number of likely N-dealkylation sites (N-methyl/N-ethyl adjacent to an activating group) is 1. The minimum atomic E-state index is -3.54. The van der Waals surface area contributed by atoms with E-state index >= 15 is 0 Å². The van der Waals surface area contributed by atoms with Crippen molar-refractivity contribution in [1.82, 2.24) is 19.1 Å². The summed E-state index contributed by atoms with van der Waals surface area (Å²) in [6.07, 6.45) is 2.92. The van der Waals surface area contributed by atoms with E-state index in [1.54, 1.807) is 30.3 Å². The minimum absolute atomic E-state index is 0.0346. The number of carbonyl (C=O) groups is 1. The molecular formula is C20H26N4O3S. The summed E-state index contributed by atoms with van der Waals surface area (Å²) in [4.78, 5) is 20.7. The zero-order valence-corrected chi connectivity index (χ0v) is 17.0. The number of hydrogen-bond acceptors (Lipinski definition) is 5. The molecule has 1 aliphatic rings. The molecule has 1 amide bonds. The van der Waals surface area contributed by atoms with E-state index in [2.05, 4.69) is 4.98 Å². The quantitative estimate of drug-likeness (QED) is 0.731. The van der Waals surface area contributed by atoms with Gasteiger partial charge in [0.05, 0.1) is 6.04 Å². The first-order valence-electron chi connectivity index (χ1n) is 9.32. The summed E-state index contributed by atoms with van der Waals surface area (Å²) in [5, 5.41) is 0. The van der Waals surface area contributed by atoms with E-state index in [-0.39, 0.29) is 16.8 Å². The normalized spacial score (nSPS) is 17.2. The van der Waals surface area contributed by atoms with E-state index in [1.165, 1.54) is 10.5 Å². The van der Waals surface area contributed by atoms with Gasteiger partial charge in [0.25, 0.3) is 0 Å². The maximum atomic E-state index is 12.8. The molecule has 0 N–H and O–H groups in total. The van der Waals surface area contributed by atoms with E-state index in [9.17, 15) is 13.2 Å². The number of rotatable bonds is 6. The van der Waals surface area contributed by atoms with Gasteiger partial charge in [-0.2, -0.15) is 4.31 Å². The summed E-state index contributed by atoms with van der Waals surface area (Å²) in [6.45, 7) is 4.19. The molecule has 0 aliphatic carbocycles. The Hall–Kier alpha value is -2.29. The molecule has 28 heavy (non-hydrogen) atoms. The first-order valence-corrected chi connectivity index (χ1v) is 10.8. The minimum Gasteiger partial charge on any atom is -0.340 e. The average Bonchev–Trinajstić information content (AvgIpc) is 2.74. The predicted octanol–water partition coefficient (Wildman–Crippen LogP) is 1.43. The Kier molecular flexibility index (Phi) is 6.43. The van der Waals surface area contributed by atoms with Crippen LogP contribution in [-0.2, 0) is 21.4 Å². The van der Waals surface area contributed by atoms with E-state index in [4.69, 9.17) is 0 Å². The summed E-state index contributed by atoms with van der Waals surface area (Å²) < 4.78 is 26.9. The molecule has 2 aromatic rings. The van der Waals surface area contributed by atoms with Crippen LogP contribution < -0.4 is 0 Å². The molecule has 7 nitrogen and oxygen atoms in total. The summed E-state index contributed by atoms with van der Waals surface area (Å²) in [6, 6.07) is 12.7. The number of pyridine rings is 1. The van der Waals surface area contributed by atoms with Crippen LogP contribution in [0.3, 0.4) is 0 Å². The molecule has 0 saturated carbocycles. The van der Waals surface area contributed by atoms with Crippen molar-refractivity contribution in [2.75, 3.05) is 33.2 Å². The SMILES string of the molecule is CC(C(=O)N(C)Cc1ccccc1)N1CCN(S(=O)(=O)c2cccnc2)CC1. The molecular weight excluding hydrogens is 376 g/mol. The third-order valence-corrected chi connectivity index (χ3v) is 6.97. The number of carbonyl (C=O) groups excluding carboxylic acids is 1. The molecule has 1 unspecified atom stereocenters. The lowest BCUT2D eigenvalue weighted by Crippen LogP contribution is -2.54. The number of benzene rings is 1. The van der Waals surface area contributed by atoms with Crippen LogP contribution >= 0.6 is 0 Å². The molecule has 0 spiro atoms. The maximum Gasteiger partial charge on any atom is 0.244 e. The van der Waals surface area contributed by atoms with Crippen LogP contribution in [0.2, 0.25) is 0 Å². The van der Waals surface area contributed by atoms with Crippen molar-refractivity contribution < 1.29 is 13.2 Å². The smallest absolute Gasteiger partial charge is 0.244 e. The lowest BCUT2D eigenvalue weighted by atomic mass is 10.2. The van der Waals surface area contributed by atoms with Gasteiger partial charge in [-0.1, -0.05) is 30.3 Å². The van der Waals surface area contributed by atoms with E-state index in [0.717, 1.165) is 5.56 Å². The van der Waals surface area contributed by atoms with Gasteiger partial charge in [0, 0.05) is 52.2 Å². The monoisotopic (exact) mass is 402 g/mol. The van der Waals surface area contributed by atoms with Crippen LogP contribution in [0.1, 0.15) is 12.5 Å². The Morgan fingerprint density at radius 3 is 2.39 bits per heavy atom. The molecule has 1 fully saturated rings. The molecule has 1 aromatic carbocycles. The Morgan fingerprint density at radius 1 is 1.11 bits per heavy atom. The first-order chi connectivity index (χ1) is 13.4. The highest BCUT2D eigenvalue weighted by Gasteiger charge is 2.32. The molecule has 2 heterocycles.